The van der Waals surface area contributed by atoms with Crippen molar-refractivity contribution in [2.45, 2.75) is 58.3 Å². The van der Waals surface area contributed by atoms with Crippen molar-refractivity contribution in [1.29, 1.82) is 5.26 Å². The van der Waals surface area contributed by atoms with Crippen LogP contribution in [0.1, 0.15) is 57.4 Å². The Balaban J connectivity index is 2.04. The molecule has 1 aromatic rings. The second-order valence-electron chi connectivity index (χ2n) is 4.95. The molecule has 19 heavy (non-hydrogen) atoms. The summed E-state index contributed by atoms with van der Waals surface area (Å²) in [7, 11) is 0. The van der Waals surface area contributed by atoms with Gasteiger partial charge in [-0.1, -0.05) is 57.6 Å². The van der Waals surface area contributed by atoms with E-state index in [4.69, 9.17) is 10.00 Å². The number of nitrogens with zero attached hydrogens (tertiary/aromatic N) is 1. The van der Waals surface area contributed by atoms with Gasteiger partial charge in [-0.05, 0) is 24.1 Å². The molecule has 2 heteroatoms. The van der Waals surface area contributed by atoms with Gasteiger partial charge in [-0.15, -0.1) is 0 Å². The molecule has 104 valence electrons. The summed E-state index contributed by atoms with van der Waals surface area (Å²) in [5.41, 5.74) is 1.05. The zero-order chi connectivity index (χ0) is 13.8. The van der Waals surface area contributed by atoms with Crippen LogP contribution in [0.15, 0.2) is 24.3 Å². The zero-order valence-corrected chi connectivity index (χ0v) is 12.0. The number of benzene rings is 1. The highest BCUT2D eigenvalue weighted by Crippen LogP contribution is 2.13. The highest BCUT2D eigenvalue weighted by atomic mass is 16.5. The molecule has 0 amide bonds. The summed E-state index contributed by atoms with van der Waals surface area (Å²) in [5, 5.41) is 8.59. The summed E-state index contributed by atoms with van der Waals surface area (Å²) < 4.78 is 5.68. The van der Waals surface area contributed by atoms with Crippen LogP contribution < -0.4 is 4.74 Å². The number of hydrogen-bond acceptors (Lipinski definition) is 2. The first-order valence-corrected chi connectivity index (χ1v) is 7.45. The molecule has 0 aromatic heterocycles. The molecule has 0 aliphatic rings. The Morgan fingerprint density at radius 2 is 1.58 bits per heavy atom. The molecule has 0 bridgehead atoms. The van der Waals surface area contributed by atoms with Gasteiger partial charge >= 0.3 is 0 Å². The minimum atomic E-state index is 0.470. The summed E-state index contributed by atoms with van der Waals surface area (Å²) in [6.07, 6.45) is 9.59. The van der Waals surface area contributed by atoms with Crippen LogP contribution >= 0.6 is 0 Å². The van der Waals surface area contributed by atoms with Gasteiger partial charge in [0.05, 0.1) is 19.1 Å². The third kappa shape index (κ3) is 7.51. The van der Waals surface area contributed by atoms with E-state index >= 15 is 0 Å². The number of nitriles is 1. The molecule has 2 nitrogen and oxygen atoms in total. The van der Waals surface area contributed by atoms with Crippen LogP contribution in [0.4, 0.5) is 0 Å². The fourth-order valence-corrected chi connectivity index (χ4v) is 2.04. The van der Waals surface area contributed by atoms with E-state index in [2.05, 4.69) is 13.0 Å². The van der Waals surface area contributed by atoms with Gasteiger partial charge < -0.3 is 4.74 Å². The van der Waals surface area contributed by atoms with Gasteiger partial charge in [-0.25, -0.2) is 0 Å². The maximum atomic E-state index is 8.59. The highest BCUT2D eigenvalue weighted by molar-refractivity contribution is 5.28. The Bertz CT molecular complexity index is 364. The van der Waals surface area contributed by atoms with Gasteiger partial charge in [-0.3, -0.25) is 0 Å². The van der Waals surface area contributed by atoms with Gasteiger partial charge in [0.2, 0.25) is 0 Å². The monoisotopic (exact) mass is 259 g/mol. The smallest absolute Gasteiger partial charge is 0.119 e. The van der Waals surface area contributed by atoms with Gasteiger partial charge in [-0.2, -0.15) is 5.26 Å². The molecule has 0 aliphatic carbocycles. The number of rotatable bonds is 10. The average Bonchev–Trinajstić information content (AvgIpc) is 2.44. The predicted octanol–water partition coefficient (Wildman–Crippen LogP) is 4.88. The maximum Gasteiger partial charge on any atom is 0.119 e. The second-order valence-corrected chi connectivity index (χ2v) is 4.95. The summed E-state index contributed by atoms with van der Waals surface area (Å²) in [4.78, 5) is 0. The van der Waals surface area contributed by atoms with Crippen molar-refractivity contribution in [2.75, 3.05) is 6.61 Å². The third-order valence-corrected chi connectivity index (χ3v) is 3.22. The molecule has 0 fully saturated rings. The molecule has 0 unspecified atom stereocenters. The lowest BCUT2D eigenvalue weighted by molar-refractivity contribution is 0.304. The van der Waals surface area contributed by atoms with Crippen molar-refractivity contribution in [3.05, 3.63) is 29.8 Å². The molecule has 0 N–H and O–H groups in total. The fourth-order valence-electron chi connectivity index (χ4n) is 2.04. The van der Waals surface area contributed by atoms with Crippen molar-refractivity contribution in [1.82, 2.24) is 0 Å². The van der Waals surface area contributed by atoms with Crippen molar-refractivity contribution < 1.29 is 4.74 Å². The first-order chi connectivity index (χ1) is 9.36. The Labute approximate surface area is 117 Å². The van der Waals surface area contributed by atoms with E-state index < -0.39 is 0 Å². The Kier molecular flexibility index (Phi) is 8.55. The molecule has 0 saturated carbocycles. The van der Waals surface area contributed by atoms with Crippen LogP contribution in [0.25, 0.3) is 0 Å². The highest BCUT2D eigenvalue weighted by Gasteiger charge is 1.96. The lowest BCUT2D eigenvalue weighted by Crippen LogP contribution is -1.97. The molecule has 1 aromatic carbocycles. The quantitative estimate of drug-likeness (QED) is 0.561. The van der Waals surface area contributed by atoms with E-state index in [9.17, 15) is 0 Å². The van der Waals surface area contributed by atoms with Crippen LogP contribution in [0, 0.1) is 11.3 Å². The largest absolute Gasteiger partial charge is 0.494 e. The number of ether oxygens (including phenoxy) is 1. The molecule has 0 heterocycles. The minimum Gasteiger partial charge on any atom is -0.494 e. The second kappa shape index (κ2) is 10.4. The van der Waals surface area contributed by atoms with E-state index in [1.807, 2.05) is 24.3 Å². The standard InChI is InChI=1S/C17H25NO/c1-2-3-4-5-6-7-8-15-19-17-11-9-16(10-12-17)13-14-18/h9-12H,2-8,13,15H2,1H3. The maximum absolute atomic E-state index is 8.59. The van der Waals surface area contributed by atoms with Gasteiger partial charge in [0.1, 0.15) is 5.75 Å². The summed E-state index contributed by atoms with van der Waals surface area (Å²) >= 11 is 0. The van der Waals surface area contributed by atoms with Crippen LogP contribution in [0.2, 0.25) is 0 Å². The molecular formula is C17H25NO. The zero-order valence-electron chi connectivity index (χ0n) is 12.0. The topological polar surface area (TPSA) is 33.0 Å². The normalized spacial score (nSPS) is 10.1. The van der Waals surface area contributed by atoms with E-state index in [1.165, 1.54) is 38.5 Å². The van der Waals surface area contributed by atoms with Crippen molar-refractivity contribution in [3.8, 4) is 11.8 Å². The predicted molar refractivity (Wildman–Crippen MR) is 79.2 cm³/mol. The third-order valence-electron chi connectivity index (χ3n) is 3.22. The molecule has 0 atom stereocenters. The summed E-state index contributed by atoms with van der Waals surface area (Å²) in [5.74, 6) is 0.910. The van der Waals surface area contributed by atoms with Crippen molar-refractivity contribution in [3.63, 3.8) is 0 Å². The SMILES string of the molecule is CCCCCCCCCOc1ccc(CC#N)cc1. The number of unbranched alkanes of at least 4 members (excludes halogenated alkanes) is 6. The Morgan fingerprint density at radius 3 is 2.21 bits per heavy atom. The first-order valence-electron chi connectivity index (χ1n) is 7.45. The lowest BCUT2D eigenvalue weighted by Gasteiger charge is -2.06. The lowest BCUT2D eigenvalue weighted by atomic mass is 10.1. The molecule has 1 rings (SSSR count). The molecule has 0 aliphatic heterocycles. The molecular weight excluding hydrogens is 234 g/mol. The Morgan fingerprint density at radius 1 is 0.947 bits per heavy atom. The van der Waals surface area contributed by atoms with Gasteiger partial charge in [0.25, 0.3) is 0 Å². The van der Waals surface area contributed by atoms with Crippen LogP contribution in [0.5, 0.6) is 5.75 Å². The average molecular weight is 259 g/mol. The summed E-state index contributed by atoms with van der Waals surface area (Å²) in [6, 6.07) is 9.97. The van der Waals surface area contributed by atoms with E-state index in [1.54, 1.807) is 0 Å². The van der Waals surface area contributed by atoms with Crippen LogP contribution in [-0.4, -0.2) is 6.61 Å². The molecule has 0 saturated heterocycles. The fraction of sp³-hybridized carbons (Fsp3) is 0.588. The summed E-state index contributed by atoms with van der Waals surface area (Å²) in [6.45, 7) is 3.04. The van der Waals surface area contributed by atoms with Crippen molar-refractivity contribution in [2.24, 2.45) is 0 Å². The molecule has 0 radical (unpaired) electrons. The first kappa shape index (κ1) is 15.6. The number of hydrogen-bond donors (Lipinski definition) is 0. The van der Waals surface area contributed by atoms with Crippen LogP contribution in [-0.2, 0) is 6.42 Å². The van der Waals surface area contributed by atoms with Crippen molar-refractivity contribution >= 4 is 0 Å². The molecule has 0 spiro atoms. The van der Waals surface area contributed by atoms with Gasteiger partial charge in [0, 0.05) is 0 Å². The van der Waals surface area contributed by atoms with Gasteiger partial charge in [0.15, 0.2) is 0 Å². The van der Waals surface area contributed by atoms with E-state index in [0.29, 0.717) is 6.42 Å². The van der Waals surface area contributed by atoms with E-state index in [-0.39, 0.29) is 0 Å². The Hall–Kier alpha value is -1.49. The van der Waals surface area contributed by atoms with E-state index in [0.717, 1.165) is 24.3 Å². The minimum absolute atomic E-state index is 0.470. The van der Waals surface area contributed by atoms with Crippen LogP contribution in [0.3, 0.4) is 0 Å².